The van der Waals surface area contributed by atoms with Gasteiger partial charge < -0.3 is 14.9 Å². The van der Waals surface area contributed by atoms with Gasteiger partial charge in [0.05, 0.1) is 0 Å². The van der Waals surface area contributed by atoms with Gasteiger partial charge in [0, 0.05) is 11.0 Å². The van der Waals surface area contributed by atoms with Crippen LogP contribution in [0.3, 0.4) is 0 Å². The molecule has 0 unspecified atom stereocenters. The van der Waals surface area contributed by atoms with E-state index in [1.165, 1.54) is 66.1 Å². The van der Waals surface area contributed by atoms with Gasteiger partial charge in [-0.25, -0.2) is 0 Å². The maximum atomic E-state index is 4.93. The van der Waals surface area contributed by atoms with Gasteiger partial charge in [0.2, 0.25) is 0 Å². The van der Waals surface area contributed by atoms with Gasteiger partial charge in [-0.15, -0.1) is 69.1 Å². The van der Waals surface area contributed by atoms with Gasteiger partial charge in [-0.1, -0.05) is 96.8 Å². The average molecular weight is 687 g/mol. The molecular weight excluding hydrogens is 647 g/mol. The van der Waals surface area contributed by atoms with Crippen molar-refractivity contribution in [3.05, 3.63) is 146 Å². The van der Waals surface area contributed by atoms with Crippen molar-refractivity contribution in [1.29, 1.82) is 0 Å². The van der Waals surface area contributed by atoms with E-state index in [0.717, 1.165) is 12.8 Å². The van der Waals surface area contributed by atoms with Crippen molar-refractivity contribution in [3.63, 3.8) is 0 Å². The smallest absolute Gasteiger partial charge is 0 e. The third-order valence-corrected chi connectivity index (χ3v) is 7.16. The number of rotatable bonds is 4. The van der Waals surface area contributed by atoms with E-state index in [1.807, 2.05) is 0 Å². The summed E-state index contributed by atoms with van der Waals surface area (Å²) in [6, 6.07) is 39.9. The van der Waals surface area contributed by atoms with E-state index in [-0.39, 0.29) is 25.8 Å². The molecule has 4 radical (unpaired) electrons. The van der Waals surface area contributed by atoms with Crippen molar-refractivity contribution in [2.24, 2.45) is 0 Å². The van der Waals surface area contributed by atoms with Crippen LogP contribution >= 0.6 is 17.0 Å². The van der Waals surface area contributed by atoms with Crippen LogP contribution in [0.25, 0.3) is 43.8 Å². The number of halogens is 2. The van der Waals surface area contributed by atoms with E-state index in [4.69, 9.17) is 17.0 Å². The van der Waals surface area contributed by atoms with Crippen LogP contribution in [0.2, 0.25) is 0 Å². The van der Waals surface area contributed by atoms with Crippen molar-refractivity contribution in [2.75, 3.05) is 0 Å². The third kappa shape index (κ3) is 9.39. The Hall–Kier alpha value is -2.22. The van der Waals surface area contributed by atoms with Crippen LogP contribution < -0.4 is 0 Å². The Bertz CT molecular complexity index is 1500. The molecule has 6 rings (SSSR count). The molecule has 0 aromatic heterocycles. The van der Waals surface area contributed by atoms with E-state index < -0.39 is 20.8 Å². The minimum absolute atomic E-state index is 0. The van der Waals surface area contributed by atoms with E-state index in [2.05, 4.69) is 137 Å². The second kappa shape index (κ2) is 18.4. The average Bonchev–Trinajstić information content (AvgIpc) is 3.59. The molecule has 0 bridgehead atoms. The second-order valence-electron chi connectivity index (χ2n) is 9.85. The quantitative estimate of drug-likeness (QED) is 0.128. The topological polar surface area (TPSA) is 0 Å². The first-order chi connectivity index (χ1) is 19.0. The normalized spacial score (nSPS) is 9.76. The van der Waals surface area contributed by atoms with E-state index in [9.17, 15) is 0 Å². The maximum absolute atomic E-state index is 4.93. The summed E-state index contributed by atoms with van der Waals surface area (Å²) in [5, 5.41) is 5.45. The molecule has 0 N–H and O–H groups in total. The molecule has 42 heavy (non-hydrogen) atoms. The molecule has 4 heteroatoms. The van der Waals surface area contributed by atoms with Crippen molar-refractivity contribution in [2.45, 2.75) is 40.5 Å². The zero-order chi connectivity index (χ0) is 27.8. The molecule has 0 saturated heterocycles. The van der Waals surface area contributed by atoms with E-state index in [0.29, 0.717) is 0 Å². The first-order valence-electron chi connectivity index (χ1n) is 13.4. The minimum Gasteiger partial charge on any atom is 0 e. The van der Waals surface area contributed by atoms with Gasteiger partial charge in [0.1, 0.15) is 0 Å². The first-order valence-corrected chi connectivity index (χ1v) is 19.8. The van der Waals surface area contributed by atoms with E-state index >= 15 is 0 Å². The monoisotopic (exact) mass is 684 g/mol. The number of hydrogen-bond acceptors (Lipinski definition) is 0. The molecule has 0 nitrogen and oxygen atoms in total. The summed E-state index contributed by atoms with van der Waals surface area (Å²) >= 11 is -0.826. The second-order valence-corrected chi connectivity index (χ2v) is 13.6. The van der Waals surface area contributed by atoms with Gasteiger partial charge in [0.25, 0.3) is 0 Å². The molecule has 6 aromatic rings. The van der Waals surface area contributed by atoms with Crippen molar-refractivity contribution >= 4 is 49.5 Å². The number of benzene rings is 4. The van der Waals surface area contributed by atoms with Crippen LogP contribution in [0.15, 0.2) is 109 Å². The Morgan fingerprint density at radius 1 is 0.571 bits per heavy atom. The molecule has 0 fully saturated rings. The van der Waals surface area contributed by atoms with Crippen LogP contribution in [0, 0.1) is 28.7 Å². The molecular formula is C38H40Cl2SiZr-4. The molecule has 0 heterocycles. The van der Waals surface area contributed by atoms with Crippen molar-refractivity contribution in [1.82, 2.24) is 0 Å². The van der Waals surface area contributed by atoms with Crippen LogP contribution in [0.1, 0.15) is 36.1 Å². The largest absolute Gasteiger partial charge is 0 e. The minimum atomic E-state index is -0.826. The van der Waals surface area contributed by atoms with Crippen molar-refractivity contribution in [3.8, 4) is 22.3 Å². The zero-order valence-electron chi connectivity index (χ0n) is 25.6. The molecule has 218 valence electrons. The third-order valence-electron chi connectivity index (χ3n) is 7.16. The predicted molar refractivity (Wildman–Crippen MR) is 188 cm³/mol. The molecule has 0 spiro atoms. The summed E-state index contributed by atoms with van der Waals surface area (Å²) < 4.78 is 0. The Morgan fingerprint density at radius 2 is 0.905 bits per heavy atom. The SMILES string of the molecule is CCc1cc2c(-c3ccc(C)cc3)cccc2[cH-]1.CCc1cc2c(-c3ccc(C)cc3)cccc2[cH-]1.[CH3-].[CH3-].[Cl][Zr][Cl].[Si]. The predicted octanol–water partition coefficient (Wildman–Crippen LogP) is 12.1. The molecule has 0 aliphatic rings. The number of aryl methyl sites for hydroxylation is 4. The summed E-state index contributed by atoms with van der Waals surface area (Å²) in [6.45, 7) is 8.67. The summed E-state index contributed by atoms with van der Waals surface area (Å²) in [7, 11) is 9.87. The molecule has 0 saturated carbocycles. The van der Waals surface area contributed by atoms with Gasteiger partial charge in [-0.2, -0.15) is 12.1 Å². The summed E-state index contributed by atoms with van der Waals surface area (Å²) in [5.41, 5.74) is 10.7. The number of fused-ring (bicyclic) bond motifs is 2. The Kier molecular flexibility index (Phi) is 16.6. The summed E-state index contributed by atoms with van der Waals surface area (Å²) in [6.07, 6.45) is 2.20. The first kappa shape index (κ1) is 37.8. The maximum Gasteiger partial charge on any atom is 0 e. The van der Waals surface area contributed by atoms with E-state index in [1.54, 1.807) is 0 Å². The Balaban J connectivity index is 0.000000361. The van der Waals surface area contributed by atoms with Crippen LogP contribution in [0.4, 0.5) is 0 Å². The fourth-order valence-corrected chi connectivity index (χ4v) is 4.97. The molecule has 0 aliphatic carbocycles. The summed E-state index contributed by atoms with van der Waals surface area (Å²) in [4.78, 5) is 0. The van der Waals surface area contributed by atoms with Crippen molar-refractivity contribution < 1.29 is 20.8 Å². The zero-order valence-corrected chi connectivity index (χ0v) is 30.5. The Morgan fingerprint density at radius 3 is 1.21 bits per heavy atom. The van der Waals surface area contributed by atoms with Crippen LogP contribution in [-0.4, -0.2) is 11.0 Å². The number of hydrogen-bond donors (Lipinski definition) is 0. The fourth-order valence-electron chi connectivity index (χ4n) is 4.97. The van der Waals surface area contributed by atoms with Gasteiger partial charge >= 0.3 is 37.9 Å². The summed E-state index contributed by atoms with van der Waals surface area (Å²) in [5.74, 6) is 0. The van der Waals surface area contributed by atoms with Crippen LogP contribution in [-0.2, 0) is 33.7 Å². The fraction of sp³-hybridized carbons (Fsp3) is 0.158. The van der Waals surface area contributed by atoms with Gasteiger partial charge in [-0.05, 0) is 37.8 Å². The molecule has 0 atom stereocenters. The standard InChI is InChI=1S/2C18H17.2CH3.2ClH.Si.Zr/c2*1-3-14-11-16-5-4-6-17(18(16)12-14)15-9-7-13(2)8-10-15;;;;;;/h2*4-12H,3H2,1-2H3;2*1H3;2*1H;;/q4*-1;;;;+2/p-2. The van der Waals surface area contributed by atoms with Gasteiger partial charge in [-0.3, -0.25) is 0 Å². The van der Waals surface area contributed by atoms with Gasteiger partial charge in [0.15, 0.2) is 0 Å². The molecule has 6 aromatic carbocycles. The van der Waals surface area contributed by atoms with Crippen LogP contribution in [0.5, 0.6) is 0 Å². The Labute approximate surface area is 277 Å². The molecule has 0 aliphatic heterocycles. The molecule has 0 amide bonds.